The third kappa shape index (κ3) is 8.00. The SMILES string of the molecule is C=C1CCC(NC(=O)OC(C)(C)C)CC1.Cc1cc(C)c(Cn2cnc(=O)c3cc(C)ccc32)c(F)c1. The van der Waals surface area contributed by atoms with E-state index in [2.05, 4.69) is 16.9 Å². The smallest absolute Gasteiger partial charge is 0.407 e. The van der Waals surface area contributed by atoms with Crippen LogP contribution in [0.3, 0.4) is 0 Å². The van der Waals surface area contributed by atoms with Crippen molar-refractivity contribution in [1.29, 1.82) is 0 Å². The van der Waals surface area contributed by atoms with Gasteiger partial charge in [-0.25, -0.2) is 9.18 Å². The van der Waals surface area contributed by atoms with Gasteiger partial charge < -0.3 is 14.6 Å². The lowest BCUT2D eigenvalue weighted by Gasteiger charge is -2.26. The Kier molecular flexibility index (Phi) is 8.89. The first-order chi connectivity index (χ1) is 17.3. The molecule has 6 nitrogen and oxygen atoms in total. The van der Waals surface area contributed by atoms with Gasteiger partial charge in [0.1, 0.15) is 11.4 Å². The number of benzene rings is 2. The van der Waals surface area contributed by atoms with Crippen LogP contribution >= 0.6 is 0 Å². The first-order valence-corrected chi connectivity index (χ1v) is 12.7. The molecule has 2 aromatic carbocycles. The lowest BCUT2D eigenvalue weighted by Crippen LogP contribution is -2.40. The quantitative estimate of drug-likeness (QED) is 0.410. The van der Waals surface area contributed by atoms with Gasteiger partial charge in [0.2, 0.25) is 0 Å². The number of hydrogen-bond donors (Lipinski definition) is 1. The van der Waals surface area contributed by atoms with E-state index < -0.39 is 5.60 Å². The number of aryl methyl sites for hydroxylation is 3. The number of amides is 1. The van der Waals surface area contributed by atoms with E-state index in [1.54, 1.807) is 0 Å². The summed E-state index contributed by atoms with van der Waals surface area (Å²) in [5, 5.41) is 3.46. The fourth-order valence-corrected chi connectivity index (χ4v) is 4.41. The van der Waals surface area contributed by atoms with Crippen molar-refractivity contribution in [2.75, 3.05) is 0 Å². The normalized spacial score (nSPS) is 14.2. The molecule has 1 aliphatic rings. The topological polar surface area (TPSA) is 73.2 Å². The minimum Gasteiger partial charge on any atom is -0.444 e. The summed E-state index contributed by atoms with van der Waals surface area (Å²) in [7, 11) is 0. The number of nitrogens with zero attached hydrogens (tertiary/aromatic N) is 2. The highest BCUT2D eigenvalue weighted by atomic mass is 19.1. The summed E-state index contributed by atoms with van der Waals surface area (Å²) in [5.74, 6) is -0.225. The van der Waals surface area contributed by atoms with E-state index in [0.717, 1.165) is 47.9 Å². The van der Waals surface area contributed by atoms with Crippen LogP contribution in [-0.4, -0.2) is 27.3 Å². The summed E-state index contributed by atoms with van der Waals surface area (Å²) >= 11 is 0. The second-order valence-electron chi connectivity index (χ2n) is 10.9. The van der Waals surface area contributed by atoms with Crippen LogP contribution < -0.4 is 10.9 Å². The molecule has 1 aliphatic carbocycles. The molecule has 0 aliphatic heterocycles. The molecule has 1 N–H and O–H groups in total. The van der Waals surface area contributed by atoms with Gasteiger partial charge in [0.15, 0.2) is 0 Å². The van der Waals surface area contributed by atoms with Crippen molar-refractivity contribution in [3.8, 4) is 0 Å². The Morgan fingerprint density at radius 1 is 1.14 bits per heavy atom. The molecule has 0 bridgehead atoms. The van der Waals surface area contributed by atoms with Crippen molar-refractivity contribution in [2.24, 2.45) is 0 Å². The van der Waals surface area contributed by atoms with E-state index in [0.29, 0.717) is 17.5 Å². The van der Waals surface area contributed by atoms with Crippen LogP contribution in [0.5, 0.6) is 0 Å². The number of rotatable bonds is 3. The molecule has 3 aromatic rings. The minimum absolute atomic E-state index is 0.225. The summed E-state index contributed by atoms with van der Waals surface area (Å²) in [4.78, 5) is 27.3. The van der Waals surface area contributed by atoms with E-state index in [9.17, 15) is 14.0 Å². The molecular weight excluding hydrogens is 469 g/mol. The summed E-state index contributed by atoms with van der Waals surface area (Å²) in [5.41, 5.74) is 4.81. The van der Waals surface area contributed by atoms with E-state index in [-0.39, 0.29) is 23.5 Å². The Labute approximate surface area is 218 Å². The number of ether oxygens (including phenoxy) is 1. The Morgan fingerprint density at radius 3 is 2.43 bits per heavy atom. The van der Waals surface area contributed by atoms with Crippen LogP contribution in [0.25, 0.3) is 10.9 Å². The predicted octanol–water partition coefficient (Wildman–Crippen LogP) is 6.52. The molecule has 37 heavy (non-hydrogen) atoms. The molecule has 0 spiro atoms. The molecular formula is C30H38FN3O3. The zero-order chi connectivity index (χ0) is 27.3. The molecule has 198 valence electrons. The molecule has 0 saturated heterocycles. The fourth-order valence-electron chi connectivity index (χ4n) is 4.41. The van der Waals surface area contributed by atoms with Gasteiger partial charge in [0, 0.05) is 11.6 Å². The predicted molar refractivity (Wildman–Crippen MR) is 146 cm³/mol. The van der Waals surface area contributed by atoms with Crippen LogP contribution in [0.4, 0.5) is 9.18 Å². The third-order valence-electron chi connectivity index (χ3n) is 6.31. The van der Waals surface area contributed by atoms with Gasteiger partial charge in [-0.2, -0.15) is 4.98 Å². The molecule has 4 rings (SSSR count). The molecule has 0 unspecified atom stereocenters. The van der Waals surface area contributed by atoms with E-state index in [4.69, 9.17) is 4.74 Å². The molecule has 0 radical (unpaired) electrons. The molecule has 7 heteroatoms. The molecule has 1 amide bonds. The monoisotopic (exact) mass is 507 g/mol. The molecule has 1 aromatic heterocycles. The summed E-state index contributed by atoms with van der Waals surface area (Å²) < 4.78 is 21.3. The Balaban J connectivity index is 0.000000222. The van der Waals surface area contributed by atoms with Gasteiger partial charge in [-0.05, 0) is 96.6 Å². The fraction of sp³-hybridized carbons (Fsp3) is 0.433. The van der Waals surface area contributed by atoms with E-state index >= 15 is 0 Å². The lowest BCUT2D eigenvalue weighted by molar-refractivity contribution is 0.0496. The largest absolute Gasteiger partial charge is 0.444 e. The standard InChI is InChI=1S/C18H17FN2O.C12H21NO2/c1-11-4-5-17-14(7-11)18(22)20-10-21(17)9-15-13(3)6-12(2)8-16(15)19;1-9-5-7-10(8-6-9)13-11(14)15-12(2,3)4/h4-8,10H,9H2,1-3H3;10H,1,5-8H2,2-4H3,(H,13,14). The van der Waals surface area contributed by atoms with Crippen molar-refractivity contribution >= 4 is 17.0 Å². The average Bonchev–Trinajstić information content (AvgIpc) is 2.78. The van der Waals surface area contributed by atoms with Crippen LogP contribution in [0.1, 0.15) is 68.7 Å². The third-order valence-corrected chi connectivity index (χ3v) is 6.31. The first-order valence-electron chi connectivity index (χ1n) is 12.7. The van der Waals surface area contributed by atoms with Crippen LogP contribution in [0.2, 0.25) is 0 Å². The van der Waals surface area contributed by atoms with Crippen molar-refractivity contribution in [1.82, 2.24) is 14.9 Å². The van der Waals surface area contributed by atoms with Gasteiger partial charge in [-0.1, -0.05) is 29.8 Å². The van der Waals surface area contributed by atoms with Gasteiger partial charge in [0.05, 0.1) is 23.8 Å². The zero-order valence-electron chi connectivity index (χ0n) is 22.8. The molecule has 1 saturated carbocycles. The highest BCUT2D eigenvalue weighted by Crippen LogP contribution is 2.22. The van der Waals surface area contributed by atoms with Crippen LogP contribution in [0.15, 0.2) is 53.6 Å². The number of carbonyl (C=O) groups is 1. The second kappa shape index (κ2) is 11.7. The minimum atomic E-state index is -0.414. The second-order valence-corrected chi connectivity index (χ2v) is 10.9. The summed E-state index contributed by atoms with van der Waals surface area (Å²) in [6, 6.07) is 9.39. The number of alkyl carbamates (subject to hydrolysis) is 1. The number of nitrogens with one attached hydrogen (secondary N) is 1. The van der Waals surface area contributed by atoms with Crippen LogP contribution in [0, 0.1) is 26.6 Å². The van der Waals surface area contributed by atoms with Crippen molar-refractivity contribution in [3.63, 3.8) is 0 Å². The molecule has 0 atom stereocenters. The van der Waals surface area contributed by atoms with E-state index in [1.807, 2.05) is 70.4 Å². The van der Waals surface area contributed by atoms with Gasteiger partial charge in [0.25, 0.3) is 5.56 Å². The van der Waals surface area contributed by atoms with Gasteiger partial charge in [-0.15, -0.1) is 0 Å². The summed E-state index contributed by atoms with van der Waals surface area (Å²) in [6.45, 7) is 15.6. The number of allylic oxidation sites excluding steroid dienone is 1. The number of carbonyl (C=O) groups excluding carboxylic acids is 1. The highest BCUT2D eigenvalue weighted by Gasteiger charge is 2.21. The van der Waals surface area contributed by atoms with Gasteiger partial charge >= 0.3 is 6.09 Å². The number of hydrogen-bond acceptors (Lipinski definition) is 4. The number of aromatic nitrogens is 2. The average molecular weight is 508 g/mol. The maximum absolute atomic E-state index is 14.2. The van der Waals surface area contributed by atoms with E-state index in [1.165, 1.54) is 18.0 Å². The zero-order valence-corrected chi connectivity index (χ0v) is 22.8. The summed E-state index contributed by atoms with van der Waals surface area (Å²) in [6.07, 6.45) is 5.18. The maximum Gasteiger partial charge on any atom is 0.407 e. The lowest BCUT2D eigenvalue weighted by atomic mass is 9.92. The van der Waals surface area contributed by atoms with Crippen molar-refractivity contribution in [2.45, 2.75) is 85.4 Å². The van der Waals surface area contributed by atoms with Crippen LogP contribution in [-0.2, 0) is 11.3 Å². The number of halogens is 1. The molecule has 1 heterocycles. The van der Waals surface area contributed by atoms with Gasteiger partial charge in [-0.3, -0.25) is 4.79 Å². The van der Waals surface area contributed by atoms with Crippen molar-refractivity contribution < 1.29 is 13.9 Å². The highest BCUT2D eigenvalue weighted by molar-refractivity contribution is 5.78. The molecule has 1 fully saturated rings. The Hall–Kier alpha value is -3.48. The number of fused-ring (bicyclic) bond motifs is 1. The van der Waals surface area contributed by atoms with Crippen molar-refractivity contribution in [3.05, 3.63) is 87.2 Å². The Morgan fingerprint density at radius 2 is 1.81 bits per heavy atom. The Bertz CT molecular complexity index is 1320. The first kappa shape index (κ1) is 28.1. The maximum atomic E-state index is 14.2.